The molecule has 3 heterocycles. The molecule has 0 radical (unpaired) electrons. The first-order valence-corrected chi connectivity index (χ1v) is 13.2. The lowest BCUT2D eigenvalue weighted by atomic mass is 9.97. The van der Waals surface area contributed by atoms with Crippen LogP contribution < -0.4 is 0 Å². The van der Waals surface area contributed by atoms with Crippen LogP contribution in [0.2, 0.25) is 15.1 Å². The number of carbonyl (C=O) groups is 1. The monoisotopic (exact) mass is 557 g/mol. The minimum atomic E-state index is -0.372. The molecule has 1 fully saturated rings. The third kappa shape index (κ3) is 5.13. The predicted octanol–water partition coefficient (Wildman–Crippen LogP) is 7.47. The van der Waals surface area contributed by atoms with Crippen LogP contribution in [-0.4, -0.2) is 43.9 Å². The van der Waals surface area contributed by atoms with Gasteiger partial charge in [-0.1, -0.05) is 67.7 Å². The Labute approximate surface area is 230 Å². The molecule has 0 N–H and O–H groups in total. The second-order valence-corrected chi connectivity index (χ2v) is 11.4. The van der Waals surface area contributed by atoms with Gasteiger partial charge in [0.05, 0.1) is 22.0 Å². The Morgan fingerprint density at radius 3 is 2.22 bits per heavy atom. The highest BCUT2D eigenvalue weighted by Crippen LogP contribution is 2.38. The number of aromatic nitrogens is 4. The first-order valence-electron chi connectivity index (χ1n) is 12.1. The summed E-state index contributed by atoms with van der Waals surface area (Å²) in [7, 11) is 0. The molecule has 1 aliphatic rings. The van der Waals surface area contributed by atoms with Gasteiger partial charge in [-0.05, 0) is 49.6 Å². The van der Waals surface area contributed by atoms with Gasteiger partial charge in [0.2, 0.25) is 5.89 Å². The Kier molecular flexibility index (Phi) is 7.05. The lowest BCUT2D eigenvalue weighted by molar-refractivity contribution is 0.0725. The largest absolute Gasteiger partial charge is 0.419 e. The lowest BCUT2D eigenvalue weighted by Gasteiger charge is -2.27. The summed E-state index contributed by atoms with van der Waals surface area (Å²) in [6, 6.07) is 12.4. The maximum atomic E-state index is 14.1. The van der Waals surface area contributed by atoms with Gasteiger partial charge in [-0.2, -0.15) is 5.10 Å². The van der Waals surface area contributed by atoms with E-state index in [9.17, 15) is 4.79 Å². The Morgan fingerprint density at radius 1 is 0.919 bits per heavy atom. The summed E-state index contributed by atoms with van der Waals surface area (Å²) in [5, 5.41) is 14.9. The van der Waals surface area contributed by atoms with Crippen LogP contribution in [0.25, 0.3) is 28.5 Å². The van der Waals surface area contributed by atoms with Crippen LogP contribution in [0.3, 0.4) is 0 Å². The molecule has 1 saturated heterocycles. The second-order valence-electron chi connectivity index (χ2n) is 10.1. The summed E-state index contributed by atoms with van der Waals surface area (Å²) in [5.41, 5.74) is 2.16. The van der Waals surface area contributed by atoms with Crippen molar-refractivity contribution >= 4 is 40.7 Å². The van der Waals surface area contributed by atoms with E-state index in [4.69, 9.17) is 44.3 Å². The van der Waals surface area contributed by atoms with Crippen LogP contribution in [0.1, 0.15) is 56.3 Å². The molecule has 37 heavy (non-hydrogen) atoms. The molecule has 5 rings (SSSR count). The zero-order valence-electron chi connectivity index (χ0n) is 20.8. The van der Waals surface area contributed by atoms with Crippen LogP contribution in [0.4, 0.5) is 0 Å². The van der Waals surface area contributed by atoms with E-state index < -0.39 is 0 Å². The fraction of sp³-hybridized carbons (Fsp3) is 0.333. The number of hydrogen-bond donors (Lipinski definition) is 0. The first-order chi connectivity index (χ1) is 17.6. The zero-order chi connectivity index (χ0) is 26.3. The predicted molar refractivity (Wildman–Crippen MR) is 146 cm³/mol. The van der Waals surface area contributed by atoms with Gasteiger partial charge in [0, 0.05) is 34.1 Å². The Bertz CT molecular complexity index is 1450. The summed E-state index contributed by atoms with van der Waals surface area (Å²) in [4.78, 5) is 16.0. The van der Waals surface area contributed by atoms with E-state index in [0.29, 0.717) is 56.7 Å². The maximum absolute atomic E-state index is 14.1. The average Bonchev–Trinajstić information content (AvgIpc) is 3.50. The molecule has 2 aromatic heterocycles. The van der Waals surface area contributed by atoms with Crippen molar-refractivity contribution in [2.75, 3.05) is 13.1 Å². The lowest BCUT2D eigenvalue weighted by Crippen LogP contribution is -2.36. The molecule has 1 amide bonds. The van der Waals surface area contributed by atoms with E-state index in [0.717, 1.165) is 24.8 Å². The molecule has 1 aliphatic heterocycles. The molecule has 192 valence electrons. The molecule has 0 saturated carbocycles. The van der Waals surface area contributed by atoms with E-state index >= 15 is 0 Å². The fourth-order valence-corrected chi connectivity index (χ4v) is 4.96. The highest BCUT2D eigenvalue weighted by Gasteiger charge is 2.34. The molecule has 0 aliphatic carbocycles. The summed E-state index contributed by atoms with van der Waals surface area (Å²) in [6.07, 6.45) is 2.99. The first kappa shape index (κ1) is 25.8. The van der Waals surface area contributed by atoms with Gasteiger partial charge < -0.3 is 9.32 Å². The Hall–Kier alpha value is -2.87. The third-order valence-electron chi connectivity index (χ3n) is 6.27. The quantitative estimate of drug-likeness (QED) is 0.260. The molecule has 0 bridgehead atoms. The molecular weight excluding hydrogens is 533 g/mol. The average molecular weight is 559 g/mol. The standard InChI is InChI=1S/C27H26Cl3N5O2/c1-27(2,3)26-32-31-24(37-26)22-21(25(36)34-13-5-4-6-14-34)23(16-7-9-17(28)10-8-16)35(33-22)20-12-11-18(29)15-19(20)30/h7-12,15H,4-6,13-14H2,1-3H3. The number of piperidine rings is 1. The number of nitrogens with zero attached hydrogens (tertiary/aromatic N) is 5. The highest BCUT2D eigenvalue weighted by atomic mass is 35.5. The molecule has 2 aromatic carbocycles. The number of rotatable bonds is 4. The van der Waals surface area contributed by atoms with Gasteiger partial charge in [0.1, 0.15) is 0 Å². The number of amides is 1. The van der Waals surface area contributed by atoms with E-state index in [1.807, 2.05) is 37.8 Å². The molecule has 0 unspecified atom stereocenters. The van der Waals surface area contributed by atoms with Crippen LogP contribution in [0, 0.1) is 0 Å². The maximum Gasteiger partial charge on any atom is 0.269 e. The summed E-state index contributed by atoms with van der Waals surface area (Å²) in [5.74, 6) is 0.474. The summed E-state index contributed by atoms with van der Waals surface area (Å²) >= 11 is 19.0. The van der Waals surface area contributed by atoms with Gasteiger partial charge in [-0.25, -0.2) is 4.68 Å². The summed E-state index contributed by atoms with van der Waals surface area (Å²) < 4.78 is 7.73. The second kappa shape index (κ2) is 10.1. The number of likely N-dealkylation sites (tertiary alicyclic amines) is 1. The van der Waals surface area contributed by atoms with Crippen LogP contribution in [-0.2, 0) is 5.41 Å². The van der Waals surface area contributed by atoms with Crippen LogP contribution in [0.15, 0.2) is 46.9 Å². The minimum absolute atomic E-state index is 0.147. The van der Waals surface area contributed by atoms with Crippen LogP contribution in [0.5, 0.6) is 0 Å². The number of benzene rings is 2. The minimum Gasteiger partial charge on any atom is -0.419 e. The van der Waals surface area contributed by atoms with Crippen molar-refractivity contribution in [3.63, 3.8) is 0 Å². The summed E-state index contributed by atoms with van der Waals surface area (Å²) in [6.45, 7) is 7.28. The van der Waals surface area contributed by atoms with Crippen molar-refractivity contribution in [1.29, 1.82) is 0 Å². The molecular formula is C27H26Cl3N5O2. The van der Waals surface area contributed by atoms with Crippen molar-refractivity contribution in [1.82, 2.24) is 24.9 Å². The van der Waals surface area contributed by atoms with Crippen molar-refractivity contribution < 1.29 is 9.21 Å². The Balaban J connectivity index is 1.81. The smallest absolute Gasteiger partial charge is 0.269 e. The molecule has 7 nitrogen and oxygen atoms in total. The van der Waals surface area contributed by atoms with Gasteiger partial charge in [-0.3, -0.25) is 4.79 Å². The fourth-order valence-electron chi connectivity index (χ4n) is 4.35. The van der Waals surface area contributed by atoms with Gasteiger partial charge in [-0.15, -0.1) is 10.2 Å². The number of carbonyl (C=O) groups excluding carboxylic acids is 1. The zero-order valence-corrected chi connectivity index (χ0v) is 23.0. The van der Waals surface area contributed by atoms with E-state index in [1.54, 1.807) is 35.0 Å². The van der Waals surface area contributed by atoms with Gasteiger partial charge >= 0.3 is 0 Å². The number of hydrogen-bond acceptors (Lipinski definition) is 5. The number of halogens is 3. The van der Waals surface area contributed by atoms with E-state index in [2.05, 4.69) is 10.2 Å². The van der Waals surface area contributed by atoms with E-state index in [-0.39, 0.29) is 17.2 Å². The Morgan fingerprint density at radius 2 is 1.59 bits per heavy atom. The SMILES string of the molecule is CC(C)(C)c1nnc(-c2nn(-c3ccc(Cl)cc3Cl)c(-c3ccc(Cl)cc3)c2C(=O)N2CCCCC2)o1. The van der Waals surface area contributed by atoms with Crippen molar-refractivity contribution in [3.05, 3.63) is 69.0 Å². The third-order valence-corrected chi connectivity index (χ3v) is 7.06. The van der Waals surface area contributed by atoms with Gasteiger partial charge in [0.25, 0.3) is 11.8 Å². The normalized spacial score (nSPS) is 14.3. The molecule has 10 heteroatoms. The topological polar surface area (TPSA) is 77.1 Å². The van der Waals surface area contributed by atoms with Crippen molar-refractivity contribution in [2.24, 2.45) is 0 Å². The van der Waals surface area contributed by atoms with Crippen LogP contribution >= 0.6 is 34.8 Å². The van der Waals surface area contributed by atoms with Crippen molar-refractivity contribution in [2.45, 2.75) is 45.4 Å². The highest BCUT2D eigenvalue weighted by molar-refractivity contribution is 6.35. The van der Waals surface area contributed by atoms with Crippen molar-refractivity contribution in [3.8, 4) is 28.5 Å². The molecule has 0 spiro atoms. The molecule has 4 aromatic rings. The molecule has 0 atom stereocenters. The van der Waals surface area contributed by atoms with Gasteiger partial charge in [0.15, 0.2) is 5.69 Å². The van der Waals surface area contributed by atoms with E-state index in [1.165, 1.54) is 0 Å².